The van der Waals surface area contributed by atoms with Crippen LogP contribution in [0.1, 0.15) is 133 Å². The van der Waals surface area contributed by atoms with Crippen LogP contribution in [0.4, 0.5) is 0 Å². The highest BCUT2D eigenvalue weighted by molar-refractivity contribution is 6.00. The average molecular weight is 1460 g/mol. The third-order valence-corrected chi connectivity index (χ3v) is 19.4. The van der Waals surface area contributed by atoms with E-state index < -0.39 is 169 Å². The molecule has 3 aliphatic rings. The first-order valence-corrected chi connectivity index (χ1v) is 36.2. The predicted molar refractivity (Wildman–Crippen MR) is 391 cm³/mol. The fraction of sp³-hybridized carbons (Fsp3) is 0.534. The van der Waals surface area contributed by atoms with E-state index in [1.807, 2.05) is 38.1 Å². The molecule has 4 heterocycles. The van der Waals surface area contributed by atoms with Crippen molar-refractivity contribution < 1.29 is 62.3 Å². The number of amides is 13. The number of nitrogens with one attached hydrogen (secondary N) is 7. The van der Waals surface area contributed by atoms with E-state index in [0.29, 0.717) is 56.1 Å². The van der Waals surface area contributed by atoms with E-state index in [1.165, 1.54) is 26.6 Å². The number of aliphatic imine (C=N–C) groups is 1. The molecule has 0 saturated carbocycles. The Kier molecular flexibility index (Phi) is 31.1. The van der Waals surface area contributed by atoms with Gasteiger partial charge >= 0.3 is 0 Å². The summed E-state index contributed by atoms with van der Waals surface area (Å²) in [7, 11) is 1.46. The molecule has 0 bridgehead atoms. The first-order valence-electron chi connectivity index (χ1n) is 36.2. The fourth-order valence-electron chi connectivity index (χ4n) is 13.8. The van der Waals surface area contributed by atoms with Gasteiger partial charge in [0.05, 0.1) is 6.04 Å². The number of hydrogen-bond donors (Lipinski definition) is 14. The van der Waals surface area contributed by atoms with Gasteiger partial charge in [-0.15, -0.1) is 0 Å². The molecule has 32 nitrogen and oxygen atoms in total. The van der Waals surface area contributed by atoms with Crippen molar-refractivity contribution in [2.75, 3.05) is 39.8 Å². The van der Waals surface area contributed by atoms with Crippen molar-refractivity contribution in [3.8, 4) is 0 Å². The van der Waals surface area contributed by atoms with Crippen molar-refractivity contribution in [1.29, 1.82) is 0 Å². The summed E-state index contributed by atoms with van der Waals surface area (Å²) < 4.78 is 0. The summed E-state index contributed by atoms with van der Waals surface area (Å²) in [6.07, 6.45) is 3.44. The van der Waals surface area contributed by atoms with Gasteiger partial charge < -0.3 is 96.6 Å². The Morgan fingerprint density at radius 1 is 0.524 bits per heavy atom. The highest BCUT2D eigenvalue weighted by Crippen LogP contribution is 2.27. The lowest BCUT2D eigenvalue weighted by Crippen LogP contribution is -2.61. The smallest absolute Gasteiger partial charge is 0.246 e. The summed E-state index contributed by atoms with van der Waals surface area (Å²) in [5.41, 5.74) is 42.8. The molecule has 105 heavy (non-hydrogen) atoms. The molecule has 0 radical (unpaired) electrons. The Bertz CT molecular complexity index is 3720. The van der Waals surface area contributed by atoms with Crippen LogP contribution < -0.4 is 72.0 Å². The maximum atomic E-state index is 15.3. The number of fused-ring (bicyclic) bond motifs is 1. The molecular formula is C73H105N19O13. The molecule has 21 N–H and O–H groups in total. The van der Waals surface area contributed by atoms with Gasteiger partial charge in [0.2, 0.25) is 76.8 Å². The van der Waals surface area contributed by atoms with E-state index in [-0.39, 0.29) is 96.0 Å². The van der Waals surface area contributed by atoms with Crippen LogP contribution in [0, 0.1) is 5.92 Å². The number of unbranched alkanes of at least 4 members (excludes halogenated alkanes) is 1. The first-order chi connectivity index (χ1) is 50.1. The minimum Gasteiger partial charge on any atom is -0.370 e. The second-order valence-corrected chi connectivity index (χ2v) is 27.7. The van der Waals surface area contributed by atoms with Gasteiger partial charge in [0, 0.05) is 82.4 Å². The van der Waals surface area contributed by atoms with Crippen LogP contribution in [0.2, 0.25) is 0 Å². The van der Waals surface area contributed by atoms with Crippen molar-refractivity contribution in [2.45, 2.75) is 202 Å². The fourth-order valence-corrected chi connectivity index (χ4v) is 13.8. The average Bonchev–Trinajstić information content (AvgIpc) is 1.75. The zero-order valence-electron chi connectivity index (χ0n) is 60.1. The van der Waals surface area contributed by atoms with Gasteiger partial charge in [-0.25, -0.2) is 0 Å². The molecule has 3 fully saturated rings. The number of H-pyrrole nitrogens is 1. The van der Waals surface area contributed by atoms with E-state index in [4.69, 9.17) is 40.1 Å². The Balaban J connectivity index is 1.08. The molecule has 1 aromatic heterocycles. The van der Waals surface area contributed by atoms with Gasteiger partial charge in [-0.1, -0.05) is 92.7 Å². The summed E-state index contributed by atoms with van der Waals surface area (Å²) in [4.78, 5) is 196. The third kappa shape index (κ3) is 23.8. The number of rotatable bonds is 40. The number of aromatic nitrogens is 1. The lowest BCUT2D eigenvalue weighted by atomic mass is 9.99. The Morgan fingerprint density at radius 2 is 1.00 bits per heavy atom. The van der Waals surface area contributed by atoms with Gasteiger partial charge in [0.15, 0.2) is 5.96 Å². The van der Waals surface area contributed by atoms with Gasteiger partial charge in [0.1, 0.15) is 60.4 Å². The highest BCUT2D eigenvalue weighted by atomic mass is 16.2. The molecule has 3 aromatic carbocycles. The normalized spacial score (nSPS) is 17.9. The second-order valence-electron chi connectivity index (χ2n) is 27.7. The number of guanidine groups is 1. The molecule has 0 spiro atoms. The number of primary amides is 3. The topological polar surface area (TPSA) is 517 Å². The lowest BCUT2D eigenvalue weighted by molar-refractivity contribution is -0.148. The highest BCUT2D eigenvalue weighted by Gasteiger charge is 2.45. The van der Waals surface area contributed by atoms with E-state index in [2.05, 4.69) is 41.9 Å². The molecule has 32 heteroatoms. The number of likely N-dealkylation sites (N-methyl/N-ethyl adjacent to an activating group) is 1. The van der Waals surface area contributed by atoms with Crippen molar-refractivity contribution in [2.24, 2.45) is 51.0 Å². The van der Waals surface area contributed by atoms with Gasteiger partial charge in [-0.2, -0.15) is 0 Å². The van der Waals surface area contributed by atoms with Crippen LogP contribution in [0.3, 0.4) is 0 Å². The molecule has 13 amide bonds. The minimum atomic E-state index is -1.65. The number of nitrogens with two attached hydrogens (primary N) is 7. The number of carbonyl (C=O) groups is 13. The third-order valence-electron chi connectivity index (χ3n) is 19.4. The van der Waals surface area contributed by atoms with E-state index >= 15 is 9.59 Å². The van der Waals surface area contributed by atoms with Crippen LogP contribution in [-0.4, -0.2) is 214 Å². The molecule has 11 atom stereocenters. The van der Waals surface area contributed by atoms with Crippen molar-refractivity contribution in [3.05, 3.63) is 108 Å². The predicted octanol–water partition coefficient (Wildman–Crippen LogP) is -1.52. The number of carbonyl (C=O) groups excluding carboxylic acids is 13. The lowest BCUT2D eigenvalue weighted by Gasteiger charge is -2.35. The summed E-state index contributed by atoms with van der Waals surface area (Å²) in [5, 5.41) is 17.3. The molecule has 570 valence electrons. The zero-order valence-corrected chi connectivity index (χ0v) is 60.1. The number of para-hydroxylation sites is 1. The molecular weight excluding hydrogens is 1350 g/mol. The SMILES string of the molecule is CC(C)C[C@@H](C(=O)N[C@@H](Cc1c[nH]c2ccccc12)C(N)=O)N(C)C(=O)[C@H]1CCCN1C(=O)[C@H](Cc1ccccc1)NC(=O)[C@H](Cc1ccccc1)NC(=O)[C@H](CCC(N)=O)NC(=O)[C@H](CCC(N)=O)NC(=O)[C@@H]1CCCN1C(=O)[C@H](CCCCN)NC(=O)[C@@H]1CCCN1C(=O)[C@@H](N)CCCN=C(N)N. The number of hydrogen-bond acceptors (Lipinski definition) is 16. The number of aromatic amines is 1. The molecule has 3 saturated heterocycles. The Morgan fingerprint density at radius 3 is 1.55 bits per heavy atom. The van der Waals surface area contributed by atoms with Crippen LogP contribution in [0.25, 0.3) is 10.9 Å². The minimum absolute atomic E-state index is 0.0649. The summed E-state index contributed by atoms with van der Waals surface area (Å²) in [6, 6.07) is 11.0. The Labute approximate surface area is 610 Å². The van der Waals surface area contributed by atoms with Crippen LogP contribution in [-0.2, 0) is 81.6 Å². The molecule has 0 aliphatic carbocycles. The quantitative estimate of drug-likeness (QED) is 0.0137. The second kappa shape index (κ2) is 40.0. The van der Waals surface area contributed by atoms with Gasteiger partial charge in [-0.3, -0.25) is 67.3 Å². The van der Waals surface area contributed by atoms with Crippen molar-refractivity contribution in [1.82, 2.24) is 56.5 Å². The summed E-state index contributed by atoms with van der Waals surface area (Å²) >= 11 is 0. The van der Waals surface area contributed by atoms with E-state index in [9.17, 15) is 52.7 Å². The maximum Gasteiger partial charge on any atom is 0.246 e. The van der Waals surface area contributed by atoms with Crippen LogP contribution >= 0.6 is 0 Å². The van der Waals surface area contributed by atoms with Gasteiger partial charge in [0.25, 0.3) is 0 Å². The molecule has 3 aliphatic heterocycles. The number of likely N-dealkylation sites (tertiary alicyclic amines) is 3. The Hall–Kier alpha value is -10.5. The van der Waals surface area contributed by atoms with Crippen LogP contribution in [0.15, 0.2) is 96.1 Å². The molecule has 4 aromatic rings. The summed E-state index contributed by atoms with van der Waals surface area (Å²) in [5.74, 6) is -9.93. The molecule has 7 rings (SSSR count). The largest absolute Gasteiger partial charge is 0.370 e. The monoisotopic (exact) mass is 1460 g/mol. The van der Waals surface area contributed by atoms with Crippen molar-refractivity contribution in [3.63, 3.8) is 0 Å². The van der Waals surface area contributed by atoms with Gasteiger partial charge in [-0.05, 0) is 125 Å². The summed E-state index contributed by atoms with van der Waals surface area (Å²) in [6.45, 7) is 4.70. The van der Waals surface area contributed by atoms with E-state index in [1.54, 1.807) is 66.9 Å². The zero-order chi connectivity index (χ0) is 76.4. The molecule has 0 unspecified atom stereocenters. The van der Waals surface area contributed by atoms with Crippen molar-refractivity contribution >= 4 is 93.7 Å². The maximum absolute atomic E-state index is 15.3. The first kappa shape index (κ1) is 81.8. The van der Waals surface area contributed by atoms with Crippen LogP contribution in [0.5, 0.6) is 0 Å². The van der Waals surface area contributed by atoms with E-state index in [0.717, 1.165) is 16.5 Å². The number of benzene rings is 3. The standard InChI is InChI=1S/C73H105N19O13/c1-43(2)38-59(68(101)86-53(62(78)95)41-46-42-82-49-24-11-10-22-47(46)49)89(3)72(105)58-28-17-37-92(58)71(104)55(40-45-20-8-5-9-21-45)88-65(98)54(39-44-18-6-4-7-19-44)87-64(97)50(29-31-60(76)93)83-63(96)51(30-32-61(77)94)84-66(99)57-27-16-36-91(57)70(103)52(25-12-13-33-74)85-67(100)56-26-15-35-90(56)69(102)48(75)23-14-34-81-73(79)80/h4-11,18-22,24,42-43,48,50-59,82H,12-17,23,25-41,74-75H2,1-3H3,(H2,76,93)(H2,77,94)(H2,78,95)(H,83,96)(H,84,99)(H,85,100)(H,86,101)(H,87,97)(H,88,98)(H4,79,80,81)/t48-,50-,51-,52-,53-,54-,55-,56-,57-,58+,59-/m0/s1. The number of nitrogens with zero attached hydrogens (tertiary/aromatic N) is 5.